The predicted octanol–water partition coefficient (Wildman–Crippen LogP) is 2.00. The lowest BCUT2D eigenvalue weighted by Crippen LogP contribution is -2.20. The first-order valence-electron chi connectivity index (χ1n) is 6.61. The molecule has 0 atom stereocenters. The van der Waals surface area contributed by atoms with E-state index in [1.54, 1.807) is 18.3 Å². The summed E-state index contributed by atoms with van der Waals surface area (Å²) in [6.07, 6.45) is 3.66. The lowest BCUT2D eigenvalue weighted by Gasteiger charge is -2.18. The molecule has 112 valence electrons. The lowest BCUT2D eigenvalue weighted by molar-refractivity contribution is -0.384. The maximum Gasteiger partial charge on any atom is 0.269 e. The van der Waals surface area contributed by atoms with Crippen molar-refractivity contribution in [3.63, 3.8) is 0 Å². The van der Waals surface area contributed by atoms with E-state index in [9.17, 15) is 10.1 Å². The van der Waals surface area contributed by atoms with Gasteiger partial charge in [-0.3, -0.25) is 15.0 Å². The van der Waals surface area contributed by atoms with Crippen LogP contribution in [0.2, 0.25) is 0 Å². The predicted molar refractivity (Wildman–Crippen MR) is 81.0 cm³/mol. The minimum atomic E-state index is -0.373. The molecule has 7 nitrogen and oxygen atoms in total. The zero-order valence-corrected chi connectivity index (χ0v) is 12.4. The van der Waals surface area contributed by atoms with Crippen molar-refractivity contribution in [3.8, 4) is 0 Å². The Hall–Kier alpha value is -2.41. The van der Waals surface area contributed by atoms with Crippen LogP contribution < -0.4 is 5.32 Å². The molecule has 1 aromatic carbocycles. The second-order valence-corrected chi connectivity index (χ2v) is 4.98. The number of rotatable bonds is 6. The molecule has 2 aromatic rings. The van der Waals surface area contributed by atoms with Crippen molar-refractivity contribution in [1.82, 2.24) is 14.5 Å². The Morgan fingerprint density at radius 2 is 2.19 bits per heavy atom. The second kappa shape index (κ2) is 6.36. The van der Waals surface area contributed by atoms with E-state index >= 15 is 0 Å². The lowest BCUT2D eigenvalue weighted by atomic mass is 10.1. The monoisotopic (exact) mass is 289 g/mol. The number of hydrogen-bond donors (Lipinski definition) is 1. The van der Waals surface area contributed by atoms with Crippen LogP contribution in [0.25, 0.3) is 0 Å². The molecular formula is C14H19N5O2. The Morgan fingerprint density at radius 3 is 2.76 bits per heavy atom. The number of imidazole rings is 1. The van der Waals surface area contributed by atoms with E-state index < -0.39 is 0 Å². The van der Waals surface area contributed by atoms with Crippen molar-refractivity contribution < 1.29 is 4.92 Å². The minimum Gasteiger partial charge on any atom is -0.388 e. The van der Waals surface area contributed by atoms with Crippen LogP contribution >= 0.6 is 0 Å². The van der Waals surface area contributed by atoms with Crippen LogP contribution in [0.1, 0.15) is 11.4 Å². The van der Waals surface area contributed by atoms with Gasteiger partial charge in [0.2, 0.25) is 0 Å². The average molecular weight is 289 g/mol. The highest BCUT2D eigenvalue weighted by atomic mass is 16.6. The molecule has 0 bridgehead atoms. The smallest absolute Gasteiger partial charge is 0.269 e. The molecule has 0 aliphatic carbocycles. The van der Waals surface area contributed by atoms with Crippen LogP contribution in [0, 0.1) is 10.1 Å². The van der Waals surface area contributed by atoms with Crippen molar-refractivity contribution in [2.75, 3.05) is 19.4 Å². The van der Waals surface area contributed by atoms with E-state index in [-0.39, 0.29) is 10.6 Å². The first-order valence-corrected chi connectivity index (χ1v) is 6.61. The first-order chi connectivity index (χ1) is 10.0. The maximum absolute atomic E-state index is 10.9. The Morgan fingerprint density at radius 1 is 1.43 bits per heavy atom. The zero-order chi connectivity index (χ0) is 15.4. The highest BCUT2D eigenvalue weighted by molar-refractivity contribution is 5.55. The van der Waals surface area contributed by atoms with Crippen molar-refractivity contribution in [3.05, 3.63) is 52.1 Å². The summed E-state index contributed by atoms with van der Waals surface area (Å²) >= 11 is 0. The molecule has 1 heterocycles. The molecule has 0 aliphatic heterocycles. The molecule has 21 heavy (non-hydrogen) atoms. The number of aromatic nitrogens is 2. The summed E-state index contributed by atoms with van der Waals surface area (Å²) in [6, 6.07) is 4.86. The molecule has 1 aromatic heterocycles. The molecular weight excluding hydrogens is 270 g/mol. The normalized spacial score (nSPS) is 10.9. The fourth-order valence-corrected chi connectivity index (χ4v) is 2.21. The van der Waals surface area contributed by atoms with Gasteiger partial charge in [-0.25, -0.2) is 4.98 Å². The van der Waals surface area contributed by atoms with Crippen molar-refractivity contribution in [2.24, 2.45) is 7.05 Å². The van der Waals surface area contributed by atoms with Crippen LogP contribution in [0.15, 0.2) is 30.6 Å². The van der Waals surface area contributed by atoms with Crippen LogP contribution in [-0.2, 0) is 20.1 Å². The van der Waals surface area contributed by atoms with Crippen LogP contribution in [-0.4, -0.2) is 33.5 Å². The van der Waals surface area contributed by atoms with E-state index in [2.05, 4.69) is 15.2 Å². The summed E-state index contributed by atoms with van der Waals surface area (Å²) in [4.78, 5) is 16.9. The number of nitro groups is 1. The number of benzene rings is 1. The van der Waals surface area contributed by atoms with E-state index in [4.69, 9.17) is 0 Å². The van der Waals surface area contributed by atoms with Gasteiger partial charge < -0.3 is 9.88 Å². The topological polar surface area (TPSA) is 76.2 Å². The molecule has 0 spiro atoms. The van der Waals surface area contributed by atoms with Gasteiger partial charge in [-0.05, 0) is 18.7 Å². The average Bonchev–Trinajstić information content (AvgIpc) is 2.84. The number of nitrogens with one attached hydrogen (secondary N) is 1. The Labute approximate surface area is 123 Å². The number of nitrogens with zero attached hydrogens (tertiary/aromatic N) is 4. The van der Waals surface area contributed by atoms with Crippen molar-refractivity contribution >= 4 is 11.4 Å². The van der Waals surface area contributed by atoms with E-state index in [1.807, 2.05) is 31.9 Å². The molecule has 0 unspecified atom stereocenters. The number of anilines is 1. The zero-order valence-electron chi connectivity index (χ0n) is 12.4. The van der Waals surface area contributed by atoms with Gasteiger partial charge in [0.05, 0.1) is 11.5 Å². The van der Waals surface area contributed by atoms with Gasteiger partial charge in [0.15, 0.2) is 0 Å². The van der Waals surface area contributed by atoms with E-state index in [0.29, 0.717) is 13.1 Å². The number of non-ortho nitro benzene ring substituents is 1. The summed E-state index contributed by atoms with van der Waals surface area (Å²) in [7, 11) is 5.72. The summed E-state index contributed by atoms with van der Waals surface area (Å²) in [5.74, 6) is 0.953. The van der Waals surface area contributed by atoms with Crippen molar-refractivity contribution in [1.29, 1.82) is 0 Å². The highest BCUT2D eigenvalue weighted by Gasteiger charge is 2.13. The third-order valence-corrected chi connectivity index (χ3v) is 3.34. The third-order valence-electron chi connectivity index (χ3n) is 3.34. The maximum atomic E-state index is 10.9. The van der Waals surface area contributed by atoms with E-state index in [1.165, 1.54) is 6.07 Å². The van der Waals surface area contributed by atoms with Gasteiger partial charge in [-0.1, -0.05) is 0 Å². The molecule has 0 fully saturated rings. The van der Waals surface area contributed by atoms with Gasteiger partial charge in [-0.15, -0.1) is 0 Å². The Bertz CT molecular complexity index is 638. The second-order valence-electron chi connectivity index (χ2n) is 4.98. The Kier molecular flexibility index (Phi) is 4.54. The molecule has 0 saturated heterocycles. The fourth-order valence-electron chi connectivity index (χ4n) is 2.21. The van der Waals surface area contributed by atoms with Gasteiger partial charge in [0.25, 0.3) is 5.69 Å². The summed E-state index contributed by atoms with van der Waals surface area (Å²) in [6.45, 7) is 1.28. The minimum absolute atomic E-state index is 0.106. The van der Waals surface area contributed by atoms with Crippen molar-refractivity contribution in [2.45, 2.75) is 13.1 Å². The molecule has 0 saturated carbocycles. The van der Waals surface area contributed by atoms with Crippen LogP contribution in [0.5, 0.6) is 0 Å². The molecule has 1 N–H and O–H groups in total. The largest absolute Gasteiger partial charge is 0.388 e. The fraction of sp³-hybridized carbons (Fsp3) is 0.357. The third kappa shape index (κ3) is 3.57. The number of hydrogen-bond acceptors (Lipinski definition) is 5. The van der Waals surface area contributed by atoms with Gasteiger partial charge in [-0.2, -0.15) is 0 Å². The van der Waals surface area contributed by atoms with Gasteiger partial charge in [0.1, 0.15) is 5.82 Å². The van der Waals surface area contributed by atoms with Crippen LogP contribution in [0.3, 0.4) is 0 Å². The summed E-state index contributed by atoms with van der Waals surface area (Å²) in [5.41, 5.74) is 1.89. The van der Waals surface area contributed by atoms with Gasteiger partial charge >= 0.3 is 0 Å². The first kappa shape index (κ1) is 15.0. The van der Waals surface area contributed by atoms with Crippen LogP contribution in [0.4, 0.5) is 11.4 Å². The Balaban J connectivity index is 2.15. The molecule has 0 amide bonds. The standard InChI is InChI=1S/C14H19N5O2/c1-15-13-5-4-12(19(20)21)8-11(13)9-17(2)10-14-16-6-7-18(14)3/h4-8,15H,9-10H2,1-3H3. The number of nitro benzene ring substituents is 1. The summed E-state index contributed by atoms with van der Waals surface area (Å²) < 4.78 is 1.96. The molecule has 0 radical (unpaired) electrons. The molecule has 0 aliphatic rings. The quantitative estimate of drug-likeness (QED) is 0.650. The highest BCUT2D eigenvalue weighted by Crippen LogP contribution is 2.23. The molecule has 2 rings (SSSR count). The SMILES string of the molecule is CNc1ccc([N+](=O)[O-])cc1CN(C)Cc1nccn1C. The summed E-state index contributed by atoms with van der Waals surface area (Å²) in [5, 5.41) is 14.0. The number of aryl methyl sites for hydroxylation is 1. The molecule has 7 heteroatoms. The van der Waals surface area contributed by atoms with Gasteiger partial charge in [0, 0.05) is 50.9 Å². The van der Waals surface area contributed by atoms with E-state index in [0.717, 1.165) is 17.1 Å².